The number of amides is 1. The molecule has 0 aliphatic carbocycles. The summed E-state index contributed by atoms with van der Waals surface area (Å²) in [5.41, 5.74) is 1.74. The summed E-state index contributed by atoms with van der Waals surface area (Å²) in [5.74, 6) is 1.42. The first-order chi connectivity index (χ1) is 14.2. The summed E-state index contributed by atoms with van der Waals surface area (Å²) in [5, 5.41) is 8.76. The average molecular weight is 412 g/mol. The molecule has 29 heavy (non-hydrogen) atoms. The van der Waals surface area contributed by atoms with Crippen LogP contribution in [0.15, 0.2) is 52.9 Å². The average Bonchev–Trinajstić information content (AvgIpc) is 3.21. The largest absolute Gasteiger partial charge is 0.492 e. The molecule has 2 aromatic carbocycles. The molecular weight excluding hydrogens is 390 g/mol. The molecule has 0 saturated carbocycles. The first-order valence-electron chi connectivity index (χ1n) is 9.72. The highest BCUT2D eigenvalue weighted by Crippen LogP contribution is 2.29. The van der Waals surface area contributed by atoms with Crippen molar-refractivity contribution in [2.24, 2.45) is 5.92 Å². The molecule has 1 aliphatic heterocycles. The number of fused-ring (bicyclic) bond motifs is 1. The standard InChI is InChI=1S/C22H22ClN3O3/c1-2-11-26(22(27)16-12-15-7-3-6-10-19(15)28-14-16)13-20-24-25-21(29-20)17-8-4-5-9-18(17)23/h3-10,16H,2,11-14H2,1H3. The molecule has 1 amide bonds. The summed E-state index contributed by atoms with van der Waals surface area (Å²) in [7, 11) is 0. The second kappa shape index (κ2) is 8.66. The Kier molecular flexibility index (Phi) is 5.81. The van der Waals surface area contributed by atoms with Crippen molar-refractivity contribution in [3.05, 3.63) is 65.0 Å². The zero-order valence-corrected chi connectivity index (χ0v) is 16.9. The Morgan fingerprint density at radius 1 is 1.17 bits per heavy atom. The SMILES string of the molecule is CCCN(Cc1nnc(-c2ccccc2Cl)o1)C(=O)C1COc2ccccc2C1. The molecule has 150 valence electrons. The van der Waals surface area contributed by atoms with Crippen molar-refractivity contribution < 1.29 is 13.9 Å². The van der Waals surface area contributed by atoms with Crippen molar-refractivity contribution in [1.29, 1.82) is 0 Å². The van der Waals surface area contributed by atoms with Gasteiger partial charge in [0.25, 0.3) is 0 Å². The van der Waals surface area contributed by atoms with Gasteiger partial charge in [0, 0.05) is 6.54 Å². The number of ether oxygens (including phenoxy) is 1. The quantitative estimate of drug-likeness (QED) is 0.602. The fraction of sp³-hybridized carbons (Fsp3) is 0.318. The van der Waals surface area contributed by atoms with Crippen LogP contribution in [0.3, 0.4) is 0 Å². The second-order valence-electron chi connectivity index (χ2n) is 7.06. The molecule has 0 radical (unpaired) electrons. The van der Waals surface area contributed by atoms with Gasteiger partial charge in [0.2, 0.25) is 17.7 Å². The van der Waals surface area contributed by atoms with Crippen LogP contribution in [0.1, 0.15) is 24.8 Å². The monoisotopic (exact) mass is 411 g/mol. The predicted octanol–water partition coefficient (Wildman–Crippen LogP) is 4.38. The van der Waals surface area contributed by atoms with Gasteiger partial charge in [0.1, 0.15) is 12.4 Å². The Hall–Kier alpha value is -2.86. The fourth-order valence-corrected chi connectivity index (χ4v) is 3.72. The summed E-state index contributed by atoms with van der Waals surface area (Å²) >= 11 is 6.21. The van der Waals surface area contributed by atoms with Gasteiger partial charge in [-0.1, -0.05) is 48.9 Å². The van der Waals surface area contributed by atoms with Crippen LogP contribution in [-0.4, -0.2) is 34.2 Å². The van der Waals surface area contributed by atoms with Gasteiger partial charge in [-0.3, -0.25) is 4.79 Å². The third-order valence-corrected chi connectivity index (χ3v) is 5.26. The van der Waals surface area contributed by atoms with E-state index in [-0.39, 0.29) is 18.4 Å². The second-order valence-corrected chi connectivity index (χ2v) is 7.47. The van der Waals surface area contributed by atoms with Gasteiger partial charge in [0.05, 0.1) is 23.0 Å². The molecular formula is C22H22ClN3O3. The Bertz CT molecular complexity index is 1000. The molecule has 0 N–H and O–H groups in total. The molecule has 7 heteroatoms. The molecule has 0 saturated heterocycles. The smallest absolute Gasteiger partial charge is 0.249 e. The van der Waals surface area contributed by atoms with Gasteiger partial charge in [-0.15, -0.1) is 10.2 Å². The van der Waals surface area contributed by atoms with Gasteiger partial charge in [-0.2, -0.15) is 0 Å². The van der Waals surface area contributed by atoms with Crippen molar-refractivity contribution >= 4 is 17.5 Å². The highest BCUT2D eigenvalue weighted by atomic mass is 35.5. The van der Waals surface area contributed by atoms with Crippen LogP contribution in [0, 0.1) is 5.92 Å². The molecule has 0 fully saturated rings. The summed E-state index contributed by atoms with van der Waals surface area (Å²) in [4.78, 5) is 14.9. The molecule has 2 heterocycles. The first kappa shape index (κ1) is 19.5. The van der Waals surface area contributed by atoms with Crippen LogP contribution in [0.25, 0.3) is 11.5 Å². The Labute approximate surface area is 174 Å². The van der Waals surface area contributed by atoms with Gasteiger partial charge < -0.3 is 14.1 Å². The van der Waals surface area contributed by atoms with E-state index in [1.807, 2.05) is 49.4 Å². The zero-order chi connectivity index (χ0) is 20.2. The minimum atomic E-state index is -0.220. The molecule has 1 unspecified atom stereocenters. The van der Waals surface area contributed by atoms with Gasteiger partial charge in [-0.05, 0) is 36.6 Å². The van der Waals surface area contributed by atoms with E-state index in [9.17, 15) is 4.79 Å². The lowest BCUT2D eigenvalue weighted by Gasteiger charge is -2.29. The number of hydrogen-bond acceptors (Lipinski definition) is 5. The number of aromatic nitrogens is 2. The number of para-hydroxylation sites is 1. The number of carbonyl (C=O) groups is 1. The lowest BCUT2D eigenvalue weighted by atomic mass is 9.95. The molecule has 1 aliphatic rings. The number of halogens is 1. The van der Waals surface area contributed by atoms with Gasteiger partial charge >= 0.3 is 0 Å². The third-order valence-electron chi connectivity index (χ3n) is 4.93. The molecule has 3 aromatic rings. The first-order valence-corrected chi connectivity index (χ1v) is 10.1. The molecule has 4 rings (SSSR count). The van der Waals surface area contributed by atoms with E-state index >= 15 is 0 Å². The number of rotatable bonds is 6. The van der Waals surface area contributed by atoms with E-state index in [2.05, 4.69) is 10.2 Å². The Morgan fingerprint density at radius 3 is 2.79 bits per heavy atom. The van der Waals surface area contributed by atoms with Crippen molar-refractivity contribution in [2.75, 3.05) is 13.2 Å². The maximum absolute atomic E-state index is 13.2. The fourth-order valence-electron chi connectivity index (χ4n) is 3.51. The van der Waals surface area contributed by atoms with Crippen LogP contribution in [0.5, 0.6) is 5.75 Å². The van der Waals surface area contributed by atoms with Crippen molar-refractivity contribution in [3.8, 4) is 17.2 Å². The number of hydrogen-bond donors (Lipinski definition) is 0. The summed E-state index contributed by atoms with van der Waals surface area (Å²) in [6.07, 6.45) is 1.51. The highest BCUT2D eigenvalue weighted by molar-refractivity contribution is 6.33. The number of nitrogens with zero attached hydrogens (tertiary/aromatic N) is 3. The molecule has 0 spiro atoms. The van der Waals surface area contributed by atoms with E-state index in [4.69, 9.17) is 20.8 Å². The number of benzene rings is 2. The number of carbonyl (C=O) groups excluding carboxylic acids is 1. The van der Waals surface area contributed by atoms with E-state index in [1.54, 1.807) is 11.0 Å². The highest BCUT2D eigenvalue weighted by Gasteiger charge is 2.30. The van der Waals surface area contributed by atoms with Crippen LogP contribution in [-0.2, 0) is 17.8 Å². The Balaban J connectivity index is 1.49. The van der Waals surface area contributed by atoms with Gasteiger partial charge in [0.15, 0.2) is 0 Å². The van der Waals surface area contributed by atoms with Crippen molar-refractivity contribution in [1.82, 2.24) is 15.1 Å². The maximum Gasteiger partial charge on any atom is 0.249 e. The van der Waals surface area contributed by atoms with Crippen LogP contribution in [0.2, 0.25) is 5.02 Å². The zero-order valence-electron chi connectivity index (χ0n) is 16.2. The molecule has 6 nitrogen and oxygen atoms in total. The van der Waals surface area contributed by atoms with E-state index in [0.29, 0.717) is 41.9 Å². The minimum Gasteiger partial charge on any atom is -0.492 e. The Morgan fingerprint density at radius 2 is 1.97 bits per heavy atom. The van der Waals surface area contributed by atoms with Crippen LogP contribution in [0.4, 0.5) is 0 Å². The minimum absolute atomic E-state index is 0.0406. The normalized spacial score (nSPS) is 15.4. The summed E-state index contributed by atoms with van der Waals surface area (Å²) in [6.45, 7) is 3.30. The summed E-state index contributed by atoms with van der Waals surface area (Å²) < 4.78 is 11.6. The van der Waals surface area contributed by atoms with Crippen LogP contribution >= 0.6 is 11.6 Å². The molecule has 1 atom stereocenters. The van der Waals surface area contributed by atoms with Crippen molar-refractivity contribution in [3.63, 3.8) is 0 Å². The van der Waals surface area contributed by atoms with E-state index in [1.165, 1.54) is 0 Å². The lowest BCUT2D eigenvalue weighted by Crippen LogP contribution is -2.41. The third kappa shape index (κ3) is 4.27. The topological polar surface area (TPSA) is 68.5 Å². The predicted molar refractivity (Wildman–Crippen MR) is 110 cm³/mol. The van der Waals surface area contributed by atoms with Crippen LogP contribution < -0.4 is 4.74 Å². The summed E-state index contributed by atoms with van der Waals surface area (Å²) in [6, 6.07) is 15.2. The van der Waals surface area contributed by atoms with Gasteiger partial charge in [-0.25, -0.2) is 0 Å². The van der Waals surface area contributed by atoms with E-state index < -0.39 is 0 Å². The molecule has 1 aromatic heterocycles. The molecule has 0 bridgehead atoms. The van der Waals surface area contributed by atoms with E-state index in [0.717, 1.165) is 17.7 Å². The lowest BCUT2D eigenvalue weighted by molar-refractivity contribution is -0.138. The van der Waals surface area contributed by atoms with Crippen molar-refractivity contribution in [2.45, 2.75) is 26.3 Å². The maximum atomic E-state index is 13.2.